The van der Waals surface area contributed by atoms with Crippen LogP contribution >= 0.6 is 11.6 Å². The van der Waals surface area contributed by atoms with Crippen LogP contribution in [0, 0.1) is 0 Å². The van der Waals surface area contributed by atoms with Crippen molar-refractivity contribution in [2.75, 3.05) is 5.32 Å². The molecule has 1 atom stereocenters. The SMILES string of the molecule is [B]NC(=O)c1c(Cl)cccc1NC(=O)[C@H](C)NC(=O)OC(C)(C)C. The quantitative estimate of drug-likeness (QED) is 0.723. The summed E-state index contributed by atoms with van der Waals surface area (Å²) in [5, 5.41) is 7.01. The van der Waals surface area contributed by atoms with Gasteiger partial charge in [0.1, 0.15) is 11.6 Å². The molecule has 0 aliphatic heterocycles. The van der Waals surface area contributed by atoms with Crippen molar-refractivity contribution in [3.63, 3.8) is 0 Å². The maximum atomic E-state index is 12.2. The lowest BCUT2D eigenvalue weighted by atomic mass is 10.1. The summed E-state index contributed by atoms with van der Waals surface area (Å²) in [7, 11) is 5.11. The predicted octanol–water partition coefficient (Wildman–Crippen LogP) is 2.00. The molecule has 1 aromatic rings. The van der Waals surface area contributed by atoms with Crippen LogP contribution in [0.3, 0.4) is 0 Å². The Labute approximate surface area is 146 Å². The third-order valence-electron chi connectivity index (χ3n) is 2.76. The van der Waals surface area contributed by atoms with Gasteiger partial charge in [-0.3, -0.25) is 9.59 Å². The number of hydrogen-bond donors (Lipinski definition) is 3. The first kappa shape index (κ1) is 19.8. The Morgan fingerprint density at radius 2 is 1.88 bits per heavy atom. The van der Waals surface area contributed by atoms with Crippen molar-refractivity contribution in [2.45, 2.75) is 39.3 Å². The number of nitrogens with one attached hydrogen (secondary N) is 3. The molecule has 0 bridgehead atoms. The van der Waals surface area contributed by atoms with Crippen LogP contribution in [0.2, 0.25) is 5.02 Å². The molecule has 24 heavy (non-hydrogen) atoms. The number of amides is 3. The van der Waals surface area contributed by atoms with E-state index in [1.807, 2.05) is 5.23 Å². The highest BCUT2D eigenvalue weighted by Gasteiger charge is 2.22. The van der Waals surface area contributed by atoms with Crippen LogP contribution in [0.5, 0.6) is 0 Å². The molecule has 9 heteroatoms. The van der Waals surface area contributed by atoms with Gasteiger partial charge >= 0.3 is 6.09 Å². The van der Waals surface area contributed by atoms with Crippen molar-refractivity contribution >= 4 is 43.2 Å². The van der Waals surface area contributed by atoms with E-state index >= 15 is 0 Å². The van der Waals surface area contributed by atoms with Crippen LogP contribution in [0.1, 0.15) is 38.1 Å². The van der Waals surface area contributed by atoms with Gasteiger partial charge in [0.15, 0.2) is 0 Å². The topological polar surface area (TPSA) is 96.5 Å². The maximum absolute atomic E-state index is 12.2. The largest absolute Gasteiger partial charge is 0.444 e. The molecular weight excluding hydrogens is 332 g/mol. The van der Waals surface area contributed by atoms with Gasteiger partial charge in [-0.25, -0.2) is 4.79 Å². The number of anilines is 1. The summed E-state index contributed by atoms with van der Waals surface area (Å²) in [6.45, 7) is 6.61. The van der Waals surface area contributed by atoms with E-state index in [0.29, 0.717) is 0 Å². The molecule has 2 radical (unpaired) electrons. The molecule has 0 spiro atoms. The van der Waals surface area contributed by atoms with Gasteiger partial charge in [-0.2, -0.15) is 0 Å². The molecule has 0 heterocycles. The summed E-state index contributed by atoms with van der Waals surface area (Å²) >= 11 is 5.97. The first-order chi connectivity index (χ1) is 11.0. The van der Waals surface area contributed by atoms with Crippen molar-refractivity contribution in [3.8, 4) is 0 Å². The highest BCUT2D eigenvalue weighted by molar-refractivity contribution is 6.36. The fourth-order valence-electron chi connectivity index (χ4n) is 1.72. The molecule has 0 fully saturated rings. The summed E-state index contributed by atoms with van der Waals surface area (Å²) in [5.41, 5.74) is -0.479. The number of alkyl carbamates (subject to hydrolysis) is 1. The molecule has 0 unspecified atom stereocenters. The van der Waals surface area contributed by atoms with Gasteiger partial charge < -0.3 is 20.6 Å². The molecule has 0 aromatic heterocycles. The Morgan fingerprint density at radius 3 is 2.42 bits per heavy atom. The van der Waals surface area contributed by atoms with Crippen LogP contribution in [0.15, 0.2) is 18.2 Å². The van der Waals surface area contributed by atoms with Crippen LogP contribution in [-0.4, -0.2) is 37.5 Å². The standard InChI is InChI=1S/C15H19BClN3O4/c1-8(18-14(23)24-15(2,3)4)12(21)19-10-7-5-6-9(17)11(10)13(22)20-16/h5-8H,1-4H3,(H,18,23)(H,19,21)(H,20,22)/t8-/m0/s1. The first-order valence-corrected chi connectivity index (χ1v) is 7.52. The molecule has 3 N–H and O–H groups in total. The van der Waals surface area contributed by atoms with E-state index in [2.05, 4.69) is 10.6 Å². The lowest BCUT2D eigenvalue weighted by Gasteiger charge is -2.22. The molecule has 3 amide bonds. The van der Waals surface area contributed by atoms with Crippen molar-refractivity contribution in [2.24, 2.45) is 0 Å². The van der Waals surface area contributed by atoms with Crippen molar-refractivity contribution in [3.05, 3.63) is 28.8 Å². The zero-order valence-corrected chi connectivity index (χ0v) is 14.7. The van der Waals surface area contributed by atoms with E-state index in [1.54, 1.807) is 26.8 Å². The second kappa shape index (κ2) is 8.05. The number of ether oxygens (including phenoxy) is 1. The summed E-state index contributed by atoms with van der Waals surface area (Å²) in [4.78, 5) is 35.7. The van der Waals surface area contributed by atoms with Crippen LogP contribution in [0.25, 0.3) is 0 Å². The molecule has 0 aliphatic carbocycles. The van der Waals surface area contributed by atoms with E-state index in [9.17, 15) is 14.4 Å². The average Bonchev–Trinajstić information content (AvgIpc) is 2.44. The van der Waals surface area contributed by atoms with Gasteiger partial charge in [-0.1, -0.05) is 17.7 Å². The third-order valence-corrected chi connectivity index (χ3v) is 3.07. The average molecular weight is 352 g/mol. The molecule has 0 saturated carbocycles. The molecule has 7 nitrogen and oxygen atoms in total. The monoisotopic (exact) mass is 351 g/mol. The Hall–Kier alpha value is -2.22. The van der Waals surface area contributed by atoms with E-state index in [1.165, 1.54) is 19.1 Å². The van der Waals surface area contributed by atoms with Crippen LogP contribution in [-0.2, 0) is 9.53 Å². The van der Waals surface area contributed by atoms with E-state index in [0.717, 1.165) is 0 Å². The summed E-state index contributed by atoms with van der Waals surface area (Å²) in [5.74, 6) is -1.20. The third kappa shape index (κ3) is 5.77. The lowest BCUT2D eigenvalue weighted by Crippen LogP contribution is -2.44. The van der Waals surface area contributed by atoms with Gasteiger partial charge in [-0.05, 0) is 39.8 Å². The highest BCUT2D eigenvalue weighted by atomic mass is 35.5. The second-order valence-electron chi connectivity index (χ2n) is 5.99. The minimum atomic E-state index is -0.896. The Morgan fingerprint density at radius 1 is 1.25 bits per heavy atom. The van der Waals surface area contributed by atoms with Crippen LogP contribution < -0.4 is 15.9 Å². The fourth-order valence-corrected chi connectivity index (χ4v) is 1.98. The van der Waals surface area contributed by atoms with Crippen molar-refractivity contribution < 1.29 is 19.1 Å². The molecule has 0 saturated heterocycles. The zero-order valence-electron chi connectivity index (χ0n) is 13.9. The number of carbonyl (C=O) groups excluding carboxylic acids is 3. The Bertz CT molecular complexity index is 646. The zero-order chi connectivity index (χ0) is 18.5. The smallest absolute Gasteiger partial charge is 0.408 e. The predicted molar refractivity (Wildman–Crippen MR) is 92.1 cm³/mol. The normalized spacial score (nSPS) is 12.0. The summed E-state index contributed by atoms with van der Waals surface area (Å²) in [6, 6.07) is 3.66. The van der Waals surface area contributed by atoms with Gasteiger partial charge in [0.25, 0.3) is 0 Å². The second-order valence-corrected chi connectivity index (χ2v) is 6.40. The summed E-state index contributed by atoms with van der Waals surface area (Å²) < 4.78 is 5.08. The summed E-state index contributed by atoms with van der Waals surface area (Å²) in [6.07, 6.45) is -0.726. The lowest BCUT2D eigenvalue weighted by molar-refractivity contribution is -0.117. The molecule has 1 rings (SSSR count). The van der Waals surface area contributed by atoms with E-state index < -0.39 is 29.6 Å². The van der Waals surface area contributed by atoms with E-state index in [-0.39, 0.29) is 16.3 Å². The van der Waals surface area contributed by atoms with Crippen molar-refractivity contribution in [1.29, 1.82) is 0 Å². The first-order valence-electron chi connectivity index (χ1n) is 7.15. The number of benzene rings is 1. The molecular formula is C15H19BClN3O4. The Balaban J connectivity index is 2.83. The Kier molecular flexibility index (Phi) is 6.65. The maximum Gasteiger partial charge on any atom is 0.408 e. The van der Waals surface area contributed by atoms with Gasteiger partial charge in [0.2, 0.25) is 19.8 Å². The fraction of sp³-hybridized carbons (Fsp3) is 0.400. The van der Waals surface area contributed by atoms with Gasteiger partial charge in [0.05, 0.1) is 16.3 Å². The number of rotatable bonds is 4. The molecule has 128 valence electrons. The number of halogens is 1. The van der Waals surface area contributed by atoms with Gasteiger partial charge in [-0.15, -0.1) is 0 Å². The number of carbonyl (C=O) groups is 3. The molecule has 0 aliphatic rings. The van der Waals surface area contributed by atoms with Crippen LogP contribution in [0.4, 0.5) is 10.5 Å². The highest BCUT2D eigenvalue weighted by Crippen LogP contribution is 2.24. The van der Waals surface area contributed by atoms with Gasteiger partial charge in [0, 0.05) is 0 Å². The van der Waals surface area contributed by atoms with Crippen molar-refractivity contribution in [1.82, 2.24) is 10.5 Å². The van der Waals surface area contributed by atoms with E-state index in [4.69, 9.17) is 24.3 Å². The number of hydrogen-bond acceptors (Lipinski definition) is 4. The molecule has 1 aromatic carbocycles. The minimum absolute atomic E-state index is 0.0273. The minimum Gasteiger partial charge on any atom is -0.444 e.